The third kappa shape index (κ3) is 5.93. The monoisotopic (exact) mass is 342 g/mol. The van der Waals surface area contributed by atoms with Crippen molar-refractivity contribution in [3.8, 4) is 0 Å². The lowest BCUT2D eigenvalue weighted by Gasteiger charge is -2.21. The normalized spacial score (nSPS) is 12.2. The minimum absolute atomic E-state index is 0.0895. The Kier molecular flexibility index (Phi) is 7.18. The number of hydrogen-bond donors (Lipinski definition) is 2. The van der Waals surface area contributed by atoms with Crippen LogP contribution in [0.25, 0.3) is 0 Å². The molecule has 0 atom stereocenters. The van der Waals surface area contributed by atoms with Crippen LogP contribution in [0.3, 0.4) is 0 Å². The van der Waals surface area contributed by atoms with Gasteiger partial charge in [-0.15, -0.1) is 0 Å². The average molecular weight is 342 g/mol. The van der Waals surface area contributed by atoms with Gasteiger partial charge in [0.2, 0.25) is 15.9 Å². The number of benzene rings is 1. The average Bonchev–Trinajstić information content (AvgIpc) is 2.52. The van der Waals surface area contributed by atoms with E-state index in [1.807, 2.05) is 20.8 Å². The van der Waals surface area contributed by atoms with Gasteiger partial charge in [-0.25, -0.2) is 13.1 Å². The highest BCUT2D eigenvalue weighted by molar-refractivity contribution is 7.89. The van der Waals surface area contributed by atoms with E-state index in [9.17, 15) is 13.2 Å². The fourth-order valence-electron chi connectivity index (χ4n) is 1.68. The van der Waals surface area contributed by atoms with Crippen LogP contribution in [0.5, 0.6) is 0 Å². The Labute approximate surface area is 138 Å². The third-order valence-electron chi connectivity index (χ3n) is 3.74. The first-order chi connectivity index (χ1) is 10.7. The molecule has 1 rings (SSSR count). The summed E-state index contributed by atoms with van der Waals surface area (Å²) in [6.45, 7) is 6.50. The highest BCUT2D eigenvalue weighted by atomic mass is 32.2. The van der Waals surface area contributed by atoms with Crippen molar-refractivity contribution in [2.45, 2.75) is 38.5 Å². The molecule has 2 N–H and O–H groups in total. The quantitative estimate of drug-likeness (QED) is 0.675. The Morgan fingerprint density at radius 3 is 2.35 bits per heavy atom. The number of hydrogen-bond acceptors (Lipinski definition) is 4. The van der Waals surface area contributed by atoms with Gasteiger partial charge in [0.15, 0.2) is 0 Å². The van der Waals surface area contributed by atoms with Gasteiger partial charge >= 0.3 is 0 Å². The van der Waals surface area contributed by atoms with Gasteiger partial charge in [-0.1, -0.05) is 20.8 Å². The summed E-state index contributed by atoms with van der Waals surface area (Å²) in [6.07, 6.45) is 1.33. The van der Waals surface area contributed by atoms with Gasteiger partial charge in [0.05, 0.1) is 4.90 Å². The number of ether oxygens (including phenoxy) is 1. The van der Waals surface area contributed by atoms with Crippen LogP contribution < -0.4 is 10.0 Å². The van der Waals surface area contributed by atoms with E-state index in [0.717, 1.165) is 6.42 Å². The highest BCUT2D eigenvalue weighted by Crippen LogP contribution is 2.22. The Balaban J connectivity index is 2.71. The summed E-state index contributed by atoms with van der Waals surface area (Å²) in [4.78, 5) is 12.3. The van der Waals surface area contributed by atoms with Gasteiger partial charge in [0.1, 0.15) is 0 Å². The minimum Gasteiger partial charge on any atom is -0.385 e. The van der Waals surface area contributed by atoms with Crippen molar-refractivity contribution in [1.82, 2.24) is 4.72 Å². The van der Waals surface area contributed by atoms with E-state index in [-0.39, 0.29) is 10.8 Å². The fraction of sp³-hybridized carbons (Fsp3) is 0.562. The summed E-state index contributed by atoms with van der Waals surface area (Å²) in [5.41, 5.74) is 0.114. The smallest absolute Gasteiger partial charge is 0.240 e. The molecule has 0 aliphatic heterocycles. The molecule has 0 heterocycles. The molecule has 1 aromatic rings. The molecular weight excluding hydrogens is 316 g/mol. The lowest BCUT2D eigenvalue weighted by molar-refractivity contribution is -0.124. The zero-order valence-electron chi connectivity index (χ0n) is 14.2. The van der Waals surface area contributed by atoms with Gasteiger partial charge in [0, 0.05) is 31.4 Å². The van der Waals surface area contributed by atoms with Crippen molar-refractivity contribution in [3.63, 3.8) is 0 Å². The van der Waals surface area contributed by atoms with Crippen molar-refractivity contribution in [1.29, 1.82) is 0 Å². The standard InChI is InChI=1S/C16H26N2O4S/c1-5-16(2,3)15(19)18-13-7-9-14(10-8-13)23(20,21)17-11-6-12-22-4/h7-10,17H,5-6,11-12H2,1-4H3,(H,18,19). The summed E-state index contributed by atoms with van der Waals surface area (Å²) in [6, 6.07) is 6.14. The van der Waals surface area contributed by atoms with Crippen molar-refractivity contribution in [2.75, 3.05) is 25.6 Å². The number of sulfonamides is 1. The van der Waals surface area contributed by atoms with Crippen LogP contribution in [-0.2, 0) is 19.6 Å². The molecule has 1 amide bonds. The van der Waals surface area contributed by atoms with E-state index >= 15 is 0 Å². The molecule has 7 heteroatoms. The second kappa shape index (κ2) is 8.42. The fourth-order valence-corrected chi connectivity index (χ4v) is 2.76. The zero-order valence-corrected chi connectivity index (χ0v) is 15.0. The molecule has 6 nitrogen and oxygen atoms in total. The maximum atomic E-state index is 12.1. The second-order valence-corrected chi connectivity index (χ2v) is 7.73. The van der Waals surface area contributed by atoms with Gasteiger partial charge in [-0.2, -0.15) is 0 Å². The largest absolute Gasteiger partial charge is 0.385 e. The number of nitrogens with one attached hydrogen (secondary N) is 2. The molecule has 0 saturated carbocycles. The van der Waals surface area contributed by atoms with Gasteiger partial charge < -0.3 is 10.1 Å². The molecule has 0 aliphatic rings. The summed E-state index contributed by atoms with van der Waals surface area (Å²) >= 11 is 0. The van der Waals surface area contributed by atoms with Crippen LogP contribution in [0.15, 0.2) is 29.2 Å². The third-order valence-corrected chi connectivity index (χ3v) is 5.22. The first-order valence-electron chi connectivity index (χ1n) is 7.63. The summed E-state index contributed by atoms with van der Waals surface area (Å²) < 4.78 is 31.6. The molecule has 0 spiro atoms. The number of methoxy groups -OCH3 is 1. The van der Waals surface area contributed by atoms with Crippen LogP contribution in [0, 0.1) is 5.41 Å². The van der Waals surface area contributed by atoms with Crippen molar-refractivity contribution < 1.29 is 17.9 Å². The second-order valence-electron chi connectivity index (χ2n) is 5.96. The summed E-state index contributed by atoms with van der Waals surface area (Å²) in [7, 11) is -1.97. The molecule has 1 aromatic carbocycles. The molecule has 0 unspecified atom stereocenters. The molecule has 0 aromatic heterocycles. The van der Waals surface area contributed by atoms with E-state index in [4.69, 9.17) is 4.74 Å². The predicted molar refractivity (Wildman–Crippen MR) is 90.8 cm³/mol. The van der Waals surface area contributed by atoms with Crippen LogP contribution in [0.1, 0.15) is 33.6 Å². The molecule has 0 bridgehead atoms. The lowest BCUT2D eigenvalue weighted by atomic mass is 9.89. The van der Waals surface area contributed by atoms with Crippen molar-refractivity contribution >= 4 is 21.6 Å². The van der Waals surface area contributed by atoms with E-state index in [1.165, 1.54) is 12.1 Å². The van der Waals surface area contributed by atoms with E-state index < -0.39 is 15.4 Å². The number of rotatable bonds is 9. The maximum Gasteiger partial charge on any atom is 0.240 e. The Morgan fingerprint density at radius 2 is 1.83 bits per heavy atom. The van der Waals surface area contributed by atoms with E-state index in [2.05, 4.69) is 10.0 Å². The first kappa shape index (κ1) is 19.6. The minimum atomic E-state index is -3.54. The van der Waals surface area contributed by atoms with Gasteiger partial charge in [0.25, 0.3) is 0 Å². The van der Waals surface area contributed by atoms with Gasteiger partial charge in [-0.3, -0.25) is 4.79 Å². The highest BCUT2D eigenvalue weighted by Gasteiger charge is 2.25. The van der Waals surface area contributed by atoms with Crippen LogP contribution in [0.4, 0.5) is 5.69 Å². The topological polar surface area (TPSA) is 84.5 Å². The molecule has 23 heavy (non-hydrogen) atoms. The lowest BCUT2D eigenvalue weighted by Crippen LogP contribution is -2.30. The molecule has 0 radical (unpaired) electrons. The number of carbonyl (C=O) groups excluding carboxylic acids is 1. The predicted octanol–water partition coefficient (Wildman–Crippen LogP) is 2.38. The number of anilines is 1. The van der Waals surface area contributed by atoms with Gasteiger partial charge in [-0.05, 0) is 37.1 Å². The Bertz CT molecular complexity index is 609. The number of carbonyl (C=O) groups is 1. The Morgan fingerprint density at radius 1 is 1.22 bits per heavy atom. The molecular formula is C16H26N2O4S. The summed E-state index contributed by atoms with van der Waals surface area (Å²) in [5, 5.41) is 2.80. The van der Waals surface area contributed by atoms with Crippen molar-refractivity contribution in [2.24, 2.45) is 5.41 Å². The Hall–Kier alpha value is -1.44. The molecule has 0 aliphatic carbocycles. The van der Waals surface area contributed by atoms with Crippen molar-refractivity contribution in [3.05, 3.63) is 24.3 Å². The van der Waals surface area contributed by atoms with E-state index in [1.54, 1.807) is 19.2 Å². The first-order valence-corrected chi connectivity index (χ1v) is 9.11. The van der Waals surface area contributed by atoms with Crippen LogP contribution in [-0.4, -0.2) is 34.6 Å². The SMILES string of the molecule is CCC(C)(C)C(=O)Nc1ccc(S(=O)(=O)NCCCOC)cc1. The van der Waals surface area contributed by atoms with E-state index in [0.29, 0.717) is 25.3 Å². The zero-order chi connectivity index (χ0) is 17.5. The molecule has 0 saturated heterocycles. The molecule has 130 valence electrons. The number of amides is 1. The maximum absolute atomic E-state index is 12.1. The molecule has 0 fully saturated rings. The van der Waals surface area contributed by atoms with Crippen LogP contribution >= 0.6 is 0 Å². The summed E-state index contributed by atoms with van der Waals surface area (Å²) in [5.74, 6) is -0.0895. The van der Waals surface area contributed by atoms with Crippen LogP contribution in [0.2, 0.25) is 0 Å².